The summed E-state index contributed by atoms with van der Waals surface area (Å²) in [4.78, 5) is 37.1. The number of nitrogens with one attached hydrogen (secondary N) is 1. The van der Waals surface area contributed by atoms with Crippen molar-refractivity contribution in [1.82, 2.24) is 10.2 Å². The van der Waals surface area contributed by atoms with Crippen molar-refractivity contribution in [3.63, 3.8) is 0 Å². The molecule has 1 aliphatic carbocycles. The summed E-state index contributed by atoms with van der Waals surface area (Å²) in [6.07, 6.45) is 0.0346. The van der Waals surface area contributed by atoms with Gasteiger partial charge in [0.05, 0.1) is 15.7 Å². The fraction of sp³-hybridized carbons (Fsp3) is 0.562. The van der Waals surface area contributed by atoms with Crippen LogP contribution in [-0.4, -0.2) is 79.4 Å². The molecule has 0 heterocycles. The molecule has 1 rings (SSSR count). The Bertz CT molecular complexity index is 710. The van der Waals surface area contributed by atoms with E-state index in [-0.39, 0.29) is 32.0 Å². The van der Waals surface area contributed by atoms with Crippen molar-refractivity contribution in [1.29, 1.82) is 0 Å². The van der Waals surface area contributed by atoms with Crippen molar-refractivity contribution in [2.75, 3.05) is 32.9 Å². The Morgan fingerprint density at radius 1 is 1.18 bits per heavy atom. The van der Waals surface area contributed by atoms with Gasteiger partial charge in [0.15, 0.2) is 0 Å². The van der Waals surface area contributed by atoms with E-state index in [1.54, 1.807) is 0 Å². The van der Waals surface area contributed by atoms with Gasteiger partial charge in [0.2, 0.25) is 5.91 Å². The molecule has 0 spiro atoms. The second kappa shape index (κ2) is 11.4. The van der Waals surface area contributed by atoms with Gasteiger partial charge in [-0.1, -0.05) is 22.6 Å². The quantitative estimate of drug-likeness (QED) is 0.172. The van der Waals surface area contributed by atoms with Crippen LogP contribution in [0, 0.1) is 5.92 Å². The molecule has 0 aliphatic heterocycles. The lowest BCUT2D eigenvalue weighted by atomic mass is 9.80. The van der Waals surface area contributed by atoms with Gasteiger partial charge in [0, 0.05) is 33.8 Å². The fourth-order valence-corrected chi connectivity index (χ4v) is 8.46. The van der Waals surface area contributed by atoms with Crippen molar-refractivity contribution < 1.29 is 34.8 Å². The number of carbonyl (C=O) groups is 3. The van der Waals surface area contributed by atoms with E-state index in [0.717, 1.165) is 4.90 Å². The number of aliphatic hydroxyl groups is 3. The third-order valence-corrected chi connectivity index (χ3v) is 8.24. The summed E-state index contributed by atoms with van der Waals surface area (Å²) >= 11 is 5.83. The molecule has 0 saturated carbocycles. The first-order chi connectivity index (χ1) is 13.1. The molecule has 28 heavy (non-hydrogen) atoms. The first kappa shape index (κ1) is 26.0. The van der Waals surface area contributed by atoms with Crippen molar-refractivity contribution in [3.05, 3.63) is 18.4 Å². The minimum Gasteiger partial charge on any atom is -0.481 e. The summed E-state index contributed by atoms with van der Waals surface area (Å²) in [7, 11) is 0. The highest BCUT2D eigenvalue weighted by Crippen LogP contribution is 2.54. The second-order valence-electron chi connectivity index (χ2n) is 5.93. The first-order valence-corrected chi connectivity index (χ1v) is 11.4. The number of amides is 2. The molecule has 2 amide bonds. The van der Waals surface area contributed by atoms with Gasteiger partial charge in [0.1, 0.15) is 12.5 Å². The molecule has 0 aromatic rings. The number of nitrogens with zero attached hydrogens (tertiary/aromatic N) is 1. The lowest BCUT2D eigenvalue weighted by molar-refractivity contribution is -0.142. The normalized spacial score (nSPS) is 22.3. The van der Waals surface area contributed by atoms with Crippen molar-refractivity contribution in [2.24, 2.45) is 5.92 Å². The molecule has 0 fully saturated rings. The van der Waals surface area contributed by atoms with Crippen LogP contribution in [0.1, 0.15) is 13.3 Å². The van der Waals surface area contributed by atoms with E-state index >= 15 is 0 Å². The van der Waals surface area contributed by atoms with E-state index in [0.29, 0.717) is 18.4 Å². The monoisotopic (exact) mass is 734 g/mol. The average Bonchev–Trinajstić information content (AvgIpc) is 2.59. The average molecular weight is 734 g/mol. The minimum atomic E-state index is -1.20. The Kier molecular flexibility index (Phi) is 10.6. The summed E-state index contributed by atoms with van der Waals surface area (Å²) in [5.41, 5.74) is 0.835. The summed E-state index contributed by atoms with van der Waals surface area (Å²) < 4.78 is -0.188. The van der Waals surface area contributed by atoms with E-state index in [9.17, 15) is 34.8 Å². The van der Waals surface area contributed by atoms with Gasteiger partial charge >= 0.3 is 5.97 Å². The second-order valence-corrected chi connectivity index (χ2v) is 10.1. The predicted octanol–water partition coefficient (Wildman–Crippen LogP) is 0.542. The van der Waals surface area contributed by atoms with E-state index < -0.39 is 34.4 Å². The molecule has 12 heteroatoms. The molecule has 0 saturated heterocycles. The van der Waals surface area contributed by atoms with E-state index in [1.807, 2.05) is 67.8 Å². The van der Waals surface area contributed by atoms with Crippen LogP contribution in [0.5, 0.6) is 0 Å². The first-order valence-electron chi connectivity index (χ1n) is 8.15. The molecule has 9 nitrogen and oxygen atoms in total. The predicted molar refractivity (Wildman–Crippen MR) is 126 cm³/mol. The molecule has 5 N–H and O–H groups in total. The summed E-state index contributed by atoms with van der Waals surface area (Å²) in [5.74, 6) is -3.23. The zero-order valence-corrected chi connectivity index (χ0v) is 21.4. The van der Waals surface area contributed by atoms with Crippen LogP contribution in [0.15, 0.2) is 18.4 Å². The number of rotatable bonds is 9. The molecule has 0 aromatic heterocycles. The zero-order chi connectivity index (χ0) is 21.6. The number of aliphatic carboxylic acids is 1. The van der Waals surface area contributed by atoms with Crippen LogP contribution in [0.2, 0.25) is 0 Å². The SMILES string of the molecule is CC(=O)NCC1=C(I)C(C(=O)O)C(I)(CCO)C(N(CCO)C(=O)CO)=C1I. The number of carboxylic acid groups (broad SMARTS) is 1. The highest BCUT2D eigenvalue weighted by molar-refractivity contribution is 14.1. The van der Waals surface area contributed by atoms with Crippen LogP contribution in [0.25, 0.3) is 0 Å². The number of allylic oxidation sites excluding steroid dienone is 1. The number of halogens is 3. The Morgan fingerprint density at radius 3 is 2.21 bits per heavy atom. The van der Waals surface area contributed by atoms with Gasteiger partial charge in [0.25, 0.3) is 5.91 Å². The Hall–Kier alpha value is -0.0400. The molecule has 2 atom stereocenters. The smallest absolute Gasteiger partial charge is 0.313 e. The third-order valence-electron chi connectivity index (χ3n) is 4.13. The van der Waals surface area contributed by atoms with Crippen LogP contribution < -0.4 is 5.32 Å². The fourth-order valence-electron chi connectivity index (χ4n) is 2.94. The van der Waals surface area contributed by atoms with Gasteiger partial charge in [-0.2, -0.15) is 0 Å². The molecule has 2 unspecified atom stereocenters. The zero-order valence-electron chi connectivity index (χ0n) is 14.9. The summed E-state index contributed by atoms with van der Waals surface area (Å²) in [6, 6.07) is 0. The number of hydrogen-bond acceptors (Lipinski definition) is 6. The molecule has 0 aromatic carbocycles. The molecule has 158 valence electrons. The van der Waals surface area contributed by atoms with Gasteiger partial charge in [-0.05, 0) is 57.2 Å². The third kappa shape index (κ3) is 5.55. The Labute approximate surface area is 203 Å². The minimum absolute atomic E-state index is 0.0346. The number of carboxylic acids is 1. The van der Waals surface area contributed by atoms with Gasteiger partial charge < -0.3 is 30.6 Å². The van der Waals surface area contributed by atoms with Gasteiger partial charge in [-0.25, -0.2) is 0 Å². The lowest BCUT2D eigenvalue weighted by Gasteiger charge is -2.44. The molecular weight excluding hydrogens is 713 g/mol. The van der Waals surface area contributed by atoms with Crippen LogP contribution in [0.3, 0.4) is 0 Å². The maximum atomic E-state index is 12.4. The number of hydrogen-bond donors (Lipinski definition) is 5. The molecule has 1 aliphatic rings. The standard InChI is InChI=1S/C16H21I3N2O7/c1-8(25)20-6-9-12(17)11(15(27)28)16(19,2-4-22)14(13(9)18)21(3-5-23)10(26)7-24/h11,22-24H,2-7H2,1H3,(H,20,25)(H,27,28). The lowest BCUT2D eigenvalue weighted by Crippen LogP contribution is -2.51. The Morgan fingerprint density at radius 2 is 1.79 bits per heavy atom. The summed E-state index contributed by atoms with van der Waals surface area (Å²) in [5, 5.41) is 41.0. The summed E-state index contributed by atoms with van der Waals surface area (Å²) in [6.45, 7) is -0.294. The largest absolute Gasteiger partial charge is 0.481 e. The number of aliphatic hydroxyl groups excluding tert-OH is 3. The highest BCUT2D eigenvalue weighted by atomic mass is 127. The highest BCUT2D eigenvalue weighted by Gasteiger charge is 2.52. The maximum Gasteiger partial charge on any atom is 0.313 e. The van der Waals surface area contributed by atoms with Crippen LogP contribution in [-0.2, 0) is 14.4 Å². The van der Waals surface area contributed by atoms with E-state index in [2.05, 4.69) is 5.32 Å². The molecule has 0 radical (unpaired) electrons. The molecular formula is C16H21I3N2O7. The number of carbonyl (C=O) groups excluding carboxylic acids is 2. The number of alkyl halides is 1. The topological polar surface area (TPSA) is 147 Å². The Balaban J connectivity index is 3.78. The van der Waals surface area contributed by atoms with Crippen LogP contribution in [0.4, 0.5) is 0 Å². The maximum absolute atomic E-state index is 12.4. The van der Waals surface area contributed by atoms with Crippen molar-refractivity contribution in [2.45, 2.75) is 16.8 Å². The van der Waals surface area contributed by atoms with Crippen LogP contribution >= 0.6 is 67.8 Å². The van der Waals surface area contributed by atoms with E-state index in [4.69, 9.17) is 0 Å². The van der Waals surface area contributed by atoms with Crippen molar-refractivity contribution in [3.8, 4) is 0 Å². The van der Waals surface area contributed by atoms with Crippen molar-refractivity contribution >= 4 is 85.6 Å². The van der Waals surface area contributed by atoms with Gasteiger partial charge in [-0.15, -0.1) is 0 Å². The molecule has 0 bridgehead atoms. The van der Waals surface area contributed by atoms with Gasteiger partial charge in [-0.3, -0.25) is 14.4 Å². The van der Waals surface area contributed by atoms with E-state index in [1.165, 1.54) is 6.92 Å².